The van der Waals surface area contributed by atoms with Crippen LogP contribution in [0.3, 0.4) is 0 Å². The van der Waals surface area contributed by atoms with Crippen molar-refractivity contribution in [3.05, 3.63) is 138 Å². The lowest BCUT2D eigenvalue weighted by molar-refractivity contribution is -0.385. The Labute approximate surface area is 216 Å². The second-order valence-corrected chi connectivity index (χ2v) is 8.87. The van der Waals surface area contributed by atoms with Crippen molar-refractivity contribution >= 4 is 5.69 Å². The van der Waals surface area contributed by atoms with Crippen LogP contribution in [0.25, 0.3) is 11.4 Å². The number of hydrogen-bond acceptors (Lipinski definition) is 5. The van der Waals surface area contributed by atoms with Crippen molar-refractivity contribution in [2.45, 2.75) is 19.8 Å². The number of aryl methyl sites for hydroxylation is 2. The molecule has 0 saturated carbocycles. The van der Waals surface area contributed by atoms with E-state index in [1.54, 1.807) is 44.2 Å². The number of nitrogens with one attached hydrogen (secondary N) is 2. The molecular formula is C28H25N5O5. The molecule has 0 radical (unpaired) electrons. The number of nitro benzene ring substituents is 1. The molecule has 192 valence electrons. The first-order valence-corrected chi connectivity index (χ1v) is 11.9. The van der Waals surface area contributed by atoms with E-state index in [0.717, 1.165) is 0 Å². The molecule has 0 aliphatic heterocycles. The molecule has 0 spiro atoms. The minimum Gasteiger partial charge on any atom is -0.490 e. The van der Waals surface area contributed by atoms with E-state index in [4.69, 9.17) is 4.74 Å². The predicted molar refractivity (Wildman–Crippen MR) is 143 cm³/mol. The van der Waals surface area contributed by atoms with Crippen LogP contribution < -0.4 is 15.9 Å². The fraction of sp³-hybridized carbons (Fsp3) is 0.143. The summed E-state index contributed by atoms with van der Waals surface area (Å²) in [5, 5.41) is 18.1. The second-order valence-electron chi connectivity index (χ2n) is 8.87. The number of benzene rings is 3. The number of methoxy groups -OCH3 is 1. The molecule has 0 atom stereocenters. The Morgan fingerprint density at radius 2 is 1.26 bits per heavy atom. The lowest BCUT2D eigenvalue weighted by atomic mass is 9.85. The molecule has 2 aromatic heterocycles. The number of ether oxygens (including phenoxy) is 1. The SMILES string of the molecule is COc1ccc(C(c2c(C)[nH]n(-c3ccccc3)c2=O)c2c(C)[nH]n(-c3ccccc3)c2=O)cc1[N+](=O)[O-]. The molecular weight excluding hydrogens is 486 g/mol. The zero-order valence-electron chi connectivity index (χ0n) is 21.0. The largest absolute Gasteiger partial charge is 0.490 e. The molecule has 0 amide bonds. The van der Waals surface area contributed by atoms with Gasteiger partial charge in [0.1, 0.15) is 0 Å². The lowest BCUT2D eigenvalue weighted by Gasteiger charge is -2.16. The summed E-state index contributed by atoms with van der Waals surface area (Å²) in [6, 6.07) is 22.6. The van der Waals surface area contributed by atoms with Gasteiger partial charge < -0.3 is 4.74 Å². The fourth-order valence-electron chi connectivity index (χ4n) is 4.82. The highest BCUT2D eigenvalue weighted by molar-refractivity contribution is 5.55. The Bertz CT molecular complexity index is 1650. The zero-order chi connectivity index (χ0) is 27.0. The van der Waals surface area contributed by atoms with Gasteiger partial charge in [-0.25, -0.2) is 9.36 Å². The van der Waals surface area contributed by atoms with Crippen molar-refractivity contribution in [3.63, 3.8) is 0 Å². The molecule has 2 heterocycles. The van der Waals surface area contributed by atoms with Gasteiger partial charge in [-0.3, -0.25) is 29.9 Å². The molecule has 0 saturated heterocycles. The summed E-state index contributed by atoms with van der Waals surface area (Å²) < 4.78 is 8.01. The van der Waals surface area contributed by atoms with Crippen molar-refractivity contribution in [1.82, 2.24) is 19.6 Å². The number of nitro groups is 1. The highest BCUT2D eigenvalue weighted by atomic mass is 16.6. The number of nitrogens with zero attached hydrogens (tertiary/aromatic N) is 3. The van der Waals surface area contributed by atoms with Gasteiger partial charge >= 0.3 is 5.69 Å². The van der Waals surface area contributed by atoms with E-state index in [9.17, 15) is 19.7 Å². The Kier molecular flexibility index (Phi) is 6.29. The maximum absolute atomic E-state index is 13.9. The predicted octanol–water partition coefficient (Wildman–Crippen LogP) is 4.36. The van der Waals surface area contributed by atoms with Gasteiger partial charge in [0.2, 0.25) is 0 Å². The zero-order valence-corrected chi connectivity index (χ0v) is 21.0. The van der Waals surface area contributed by atoms with Crippen molar-refractivity contribution < 1.29 is 9.66 Å². The van der Waals surface area contributed by atoms with E-state index in [1.807, 2.05) is 36.4 Å². The van der Waals surface area contributed by atoms with Gasteiger partial charge in [-0.2, -0.15) is 0 Å². The van der Waals surface area contributed by atoms with E-state index < -0.39 is 10.8 Å². The average molecular weight is 512 g/mol. The van der Waals surface area contributed by atoms with Crippen molar-refractivity contribution in [2.24, 2.45) is 0 Å². The quantitative estimate of drug-likeness (QED) is 0.248. The van der Waals surface area contributed by atoms with E-state index in [0.29, 0.717) is 39.5 Å². The maximum atomic E-state index is 13.9. The summed E-state index contributed by atoms with van der Waals surface area (Å²) in [6.07, 6.45) is 0. The van der Waals surface area contributed by atoms with Crippen LogP contribution in [0.4, 0.5) is 5.69 Å². The van der Waals surface area contributed by atoms with E-state index in [-0.39, 0.29) is 22.6 Å². The van der Waals surface area contributed by atoms with Crippen LogP contribution >= 0.6 is 0 Å². The van der Waals surface area contributed by atoms with Gasteiger partial charge in [0, 0.05) is 23.4 Å². The van der Waals surface area contributed by atoms with Crippen LogP contribution in [-0.2, 0) is 0 Å². The van der Waals surface area contributed by atoms with Gasteiger partial charge in [-0.05, 0) is 49.7 Å². The topological polar surface area (TPSA) is 128 Å². The van der Waals surface area contributed by atoms with Crippen molar-refractivity contribution in [2.75, 3.05) is 7.11 Å². The van der Waals surface area contributed by atoms with Gasteiger partial charge in [0.25, 0.3) is 11.1 Å². The fourth-order valence-corrected chi connectivity index (χ4v) is 4.82. The highest BCUT2D eigenvalue weighted by Crippen LogP contribution is 2.37. The molecule has 10 nitrogen and oxygen atoms in total. The molecule has 0 unspecified atom stereocenters. The van der Waals surface area contributed by atoms with Gasteiger partial charge in [0.15, 0.2) is 5.75 Å². The maximum Gasteiger partial charge on any atom is 0.311 e. The molecule has 3 aromatic carbocycles. The number of aromatic nitrogens is 4. The van der Waals surface area contributed by atoms with E-state index in [1.165, 1.54) is 28.6 Å². The smallest absolute Gasteiger partial charge is 0.311 e. The van der Waals surface area contributed by atoms with Crippen LogP contribution in [0.1, 0.15) is 34.0 Å². The minimum absolute atomic E-state index is 0.0810. The minimum atomic E-state index is -0.901. The Morgan fingerprint density at radius 3 is 1.68 bits per heavy atom. The molecule has 5 aromatic rings. The molecule has 5 rings (SSSR count). The van der Waals surface area contributed by atoms with Crippen LogP contribution in [0.2, 0.25) is 0 Å². The molecule has 0 fully saturated rings. The second kappa shape index (κ2) is 9.74. The summed E-state index contributed by atoms with van der Waals surface area (Å²) in [4.78, 5) is 39.1. The molecule has 0 aliphatic carbocycles. The Morgan fingerprint density at radius 1 is 0.789 bits per heavy atom. The third-order valence-corrected chi connectivity index (χ3v) is 6.57. The van der Waals surface area contributed by atoms with Gasteiger partial charge in [-0.15, -0.1) is 0 Å². The van der Waals surface area contributed by atoms with Crippen molar-refractivity contribution in [1.29, 1.82) is 0 Å². The standard InChI is InChI=1S/C28H25N5O5/c1-17-24(27(34)31(29-17)20-10-6-4-7-11-20)26(19-14-15-23(38-3)22(16-19)33(36)37)25-18(2)30-32(28(25)35)21-12-8-5-9-13-21/h4-16,26,29-30H,1-3H3. The summed E-state index contributed by atoms with van der Waals surface area (Å²) in [6.45, 7) is 3.50. The van der Waals surface area contributed by atoms with E-state index >= 15 is 0 Å². The summed E-state index contributed by atoms with van der Waals surface area (Å²) in [7, 11) is 1.35. The monoisotopic (exact) mass is 511 g/mol. The van der Waals surface area contributed by atoms with Crippen LogP contribution in [-0.4, -0.2) is 31.6 Å². The molecule has 2 N–H and O–H groups in total. The normalized spacial score (nSPS) is 11.2. The summed E-state index contributed by atoms with van der Waals surface area (Å²) in [5.74, 6) is -0.820. The lowest BCUT2D eigenvalue weighted by Crippen LogP contribution is -2.25. The summed E-state index contributed by atoms with van der Waals surface area (Å²) in [5.41, 5.74) is 2.38. The molecule has 10 heteroatoms. The Hall–Kier alpha value is -5.12. The number of aromatic amines is 2. The molecule has 38 heavy (non-hydrogen) atoms. The summed E-state index contributed by atoms with van der Waals surface area (Å²) >= 11 is 0. The van der Waals surface area contributed by atoms with Crippen molar-refractivity contribution in [3.8, 4) is 17.1 Å². The molecule has 0 aliphatic rings. The van der Waals surface area contributed by atoms with Gasteiger partial charge in [0.05, 0.1) is 34.5 Å². The number of hydrogen-bond donors (Lipinski definition) is 2. The first-order valence-electron chi connectivity index (χ1n) is 11.9. The average Bonchev–Trinajstić information content (AvgIpc) is 3.40. The first kappa shape index (κ1) is 24.6. The number of rotatable bonds is 7. The number of H-pyrrole nitrogens is 2. The highest BCUT2D eigenvalue weighted by Gasteiger charge is 2.32. The van der Waals surface area contributed by atoms with Crippen LogP contribution in [0.15, 0.2) is 88.5 Å². The van der Waals surface area contributed by atoms with Crippen LogP contribution in [0.5, 0.6) is 5.75 Å². The van der Waals surface area contributed by atoms with Crippen LogP contribution in [0, 0.1) is 24.0 Å². The molecule has 0 bridgehead atoms. The third-order valence-electron chi connectivity index (χ3n) is 6.57. The third kappa shape index (κ3) is 4.11. The van der Waals surface area contributed by atoms with Gasteiger partial charge in [-0.1, -0.05) is 42.5 Å². The number of para-hydroxylation sites is 2. The van der Waals surface area contributed by atoms with E-state index in [2.05, 4.69) is 10.2 Å². The Balaban J connectivity index is 1.81. The first-order chi connectivity index (χ1) is 18.3.